The molecular formula is C15H12BrFN2O2. The van der Waals surface area contributed by atoms with Crippen LogP contribution in [0.3, 0.4) is 0 Å². The third-order valence-corrected chi connectivity index (χ3v) is 3.54. The number of aryl methyl sites for hydroxylation is 1. The fourth-order valence-corrected chi connectivity index (χ4v) is 2.17. The first-order valence-electron chi connectivity index (χ1n) is 6.10. The van der Waals surface area contributed by atoms with E-state index in [2.05, 4.69) is 26.8 Å². The Morgan fingerprint density at radius 2 is 1.62 bits per heavy atom. The van der Waals surface area contributed by atoms with Crippen LogP contribution in [-0.2, 0) is 0 Å². The van der Waals surface area contributed by atoms with Gasteiger partial charge in [-0.25, -0.2) is 4.39 Å². The lowest BCUT2D eigenvalue weighted by molar-refractivity contribution is 0.0845. The van der Waals surface area contributed by atoms with Crippen molar-refractivity contribution in [3.05, 3.63) is 69.4 Å². The molecule has 0 aliphatic heterocycles. The second-order valence-corrected chi connectivity index (χ2v) is 5.20. The van der Waals surface area contributed by atoms with Gasteiger partial charge in [-0.15, -0.1) is 0 Å². The average Bonchev–Trinajstić information content (AvgIpc) is 2.47. The van der Waals surface area contributed by atoms with Crippen LogP contribution >= 0.6 is 15.9 Å². The number of hydrogen-bond acceptors (Lipinski definition) is 2. The predicted octanol–water partition coefficient (Wildman–Crippen LogP) is 2.97. The summed E-state index contributed by atoms with van der Waals surface area (Å²) in [6, 6.07) is 10.7. The third-order valence-electron chi connectivity index (χ3n) is 2.85. The molecule has 2 amide bonds. The Bertz CT molecular complexity index is 704. The van der Waals surface area contributed by atoms with Crippen molar-refractivity contribution in [2.75, 3.05) is 0 Å². The van der Waals surface area contributed by atoms with Crippen molar-refractivity contribution in [3.63, 3.8) is 0 Å². The zero-order chi connectivity index (χ0) is 15.4. The van der Waals surface area contributed by atoms with E-state index in [1.54, 1.807) is 25.1 Å². The standard InChI is InChI=1S/C15H12BrFN2O2/c1-9-4-2-3-5-11(9)14(20)18-19-15(21)12-8-10(17)6-7-13(12)16/h2-8H,1H3,(H,18,20)(H,19,21). The van der Waals surface area contributed by atoms with E-state index in [0.29, 0.717) is 10.0 Å². The van der Waals surface area contributed by atoms with Crippen molar-refractivity contribution in [2.45, 2.75) is 6.92 Å². The van der Waals surface area contributed by atoms with E-state index in [1.807, 2.05) is 6.07 Å². The number of carbonyl (C=O) groups is 2. The van der Waals surface area contributed by atoms with Crippen LogP contribution < -0.4 is 10.9 Å². The van der Waals surface area contributed by atoms with Crippen LogP contribution in [0.1, 0.15) is 26.3 Å². The van der Waals surface area contributed by atoms with E-state index >= 15 is 0 Å². The summed E-state index contributed by atoms with van der Waals surface area (Å²) in [7, 11) is 0. The highest BCUT2D eigenvalue weighted by atomic mass is 79.9. The minimum absolute atomic E-state index is 0.0973. The van der Waals surface area contributed by atoms with E-state index in [4.69, 9.17) is 0 Å². The van der Waals surface area contributed by atoms with Gasteiger partial charge in [0.15, 0.2) is 0 Å². The zero-order valence-electron chi connectivity index (χ0n) is 11.1. The first-order chi connectivity index (χ1) is 9.99. The van der Waals surface area contributed by atoms with Crippen molar-refractivity contribution >= 4 is 27.7 Å². The van der Waals surface area contributed by atoms with Crippen LogP contribution in [0.15, 0.2) is 46.9 Å². The number of halogens is 2. The highest BCUT2D eigenvalue weighted by molar-refractivity contribution is 9.10. The van der Waals surface area contributed by atoms with Crippen molar-refractivity contribution < 1.29 is 14.0 Å². The highest BCUT2D eigenvalue weighted by Crippen LogP contribution is 2.17. The Morgan fingerprint density at radius 1 is 1.00 bits per heavy atom. The van der Waals surface area contributed by atoms with Gasteiger partial charge in [-0.05, 0) is 52.7 Å². The number of amides is 2. The van der Waals surface area contributed by atoms with Gasteiger partial charge in [0.1, 0.15) is 5.82 Å². The lowest BCUT2D eigenvalue weighted by Gasteiger charge is -2.10. The van der Waals surface area contributed by atoms with Crippen molar-refractivity contribution in [3.8, 4) is 0 Å². The van der Waals surface area contributed by atoms with Crippen LogP contribution in [0.2, 0.25) is 0 Å². The molecule has 0 bridgehead atoms. The monoisotopic (exact) mass is 350 g/mol. The lowest BCUT2D eigenvalue weighted by Crippen LogP contribution is -2.42. The summed E-state index contributed by atoms with van der Waals surface area (Å²) < 4.78 is 13.6. The maximum Gasteiger partial charge on any atom is 0.270 e. The van der Waals surface area contributed by atoms with Crippen LogP contribution in [0.25, 0.3) is 0 Å². The van der Waals surface area contributed by atoms with Gasteiger partial charge >= 0.3 is 0 Å². The molecule has 2 aromatic carbocycles. The normalized spacial score (nSPS) is 10.0. The van der Waals surface area contributed by atoms with E-state index in [1.165, 1.54) is 12.1 Å². The van der Waals surface area contributed by atoms with Gasteiger partial charge in [0.2, 0.25) is 0 Å². The summed E-state index contributed by atoms with van der Waals surface area (Å²) >= 11 is 3.15. The zero-order valence-corrected chi connectivity index (χ0v) is 12.7. The van der Waals surface area contributed by atoms with Gasteiger partial charge < -0.3 is 0 Å². The van der Waals surface area contributed by atoms with Gasteiger partial charge in [0.25, 0.3) is 11.8 Å². The molecule has 0 saturated carbocycles. The Labute approximate surface area is 129 Å². The Hall–Kier alpha value is -2.21. The molecule has 0 radical (unpaired) electrons. The minimum atomic E-state index is -0.608. The summed E-state index contributed by atoms with van der Waals surface area (Å²) in [6.45, 7) is 1.79. The van der Waals surface area contributed by atoms with Crippen molar-refractivity contribution in [1.29, 1.82) is 0 Å². The number of rotatable bonds is 2. The van der Waals surface area contributed by atoms with Crippen LogP contribution in [0.5, 0.6) is 0 Å². The number of carbonyl (C=O) groups excluding carboxylic acids is 2. The molecule has 0 saturated heterocycles. The number of nitrogens with one attached hydrogen (secondary N) is 2. The smallest absolute Gasteiger partial charge is 0.267 e. The molecule has 2 rings (SSSR count). The highest BCUT2D eigenvalue weighted by Gasteiger charge is 2.13. The lowest BCUT2D eigenvalue weighted by atomic mass is 10.1. The summed E-state index contributed by atoms with van der Waals surface area (Å²) in [6.07, 6.45) is 0. The maximum atomic E-state index is 13.1. The molecule has 0 aliphatic carbocycles. The van der Waals surface area contributed by atoms with Crippen molar-refractivity contribution in [1.82, 2.24) is 10.9 Å². The van der Waals surface area contributed by atoms with Crippen molar-refractivity contribution in [2.24, 2.45) is 0 Å². The summed E-state index contributed by atoms with van der Waals surface area (Å²) in [4.78, 5) is 23.9. The molecule has 0 atom stereocenters. The van der Waals surface area contributed by atoms with Gasteiger partial charge in [-0.2, -0.15) is 0 Å². The molecule has 0 heterocycles. The number of hydrazine groups is 1. The van der Waals surface area contributed by atoms with Gasteiger partial charge in [0, 0.05) is 10.0 Å². The second kappa shape index (κ2) is 6.49. The number of benzene rings is 2. The van der Waals surface area contributed by atoms with Crippen LogP contribution in [0, 0.1) is 12.7 Å². The molecule has 108 valence electrons. The molecule has 2 N–H and O–H groups in total. The Morgan fingerprint density at radius 3 is 2.29 bits per heavy atom. The summed E-state index contributed by atoms with van der Waals surface area (Å²) in [5.74, 6) is -1.58. The molecule has 2 aromatic rings. The molecule has 0 aliphatic rings. The quantitative estimate of drug-likeness (QED) is 0.818. The first kappa shape index (κ1) is 15.2. The number of hydrogen-bond donors (Lipinski definition) is 2. The molecule has 21 heavy (non-hydrogen) atoms. The second-order valence-electron chi connectivity index (χ2n) is 4.35. The van der Waals surface area contributed by atoms with Crippen LogP contribution in [-0.4, -0.2) is 11.8 Å². The fourth-order valence-electron chi connectivity index (χ4n) is 1.75. The van der Waals surface area contributed by atoms with E-state index < -0.39 is 17.6 Å². The largest absolute Gasteiger partial charge is 0.270 e. The topological polar surface area (TPSA) is 58.2 Å². The molecule has 4 nitrogen and oxygen atoms in total. The third kappa shape index (κ3) is 3.66. The average molecular weight is 351 g/mol. The molecule has 0 fully saturated rings. The fraction of sp³-hybridized carbons (Fsp3) is 0.0667. The molecule has 0 unspecified atom stereocenters. The molecule has 0 spiro atoms. The van der Waals surface area contributed by atoms with E-state index in [-0.39, 0.29) is 5.56 Å². The van der Waals surface area contributed by atoms with Gasteiger partial charge in [0.05, 0.1) is 5.56 Å². The Kier molecular flexibility index (Phi) is 4.70. The van der Waals surface area contributed by atoms with Gasteiger partial charge in [-0.3, -0.25) is 20.4 Å². The van der Waals surface area contributed by atoms with E-state index in [0.717, 1.165) is 11.6 Å². The maximum absolute atomic E-state index is 13.1. The molecule has 6 heteroatoms. The molecular weight excluding hydrogens is 339 g/mol. The first-order valence-corrected chi connectivity index (χ1v) is 6.89. The summed E-state index contributed by atoms with van der Waals surface area (Å²) in [5, 5.41) is 0. The van der Waals surface area contributed by atoms with Gasteiger partial charge in [-0.1, -0.05) is 18.2 Å². The molecule has 0 aromatic heterocycles. The van der Waals surface area contributed by atoms with E-state index in [9.17, 15) is 14.0 Å². The SMILES string of the molecule is Cc1ccccc1C(=O)NNC(=O)c1cc(F)ccc1Br. The van der Waals surface area contributed by atoms with Crippen LogP contribution in [0.4, 0.5) is 4.39 Å². The summed E-state index contributed by atoms with van der Waals surface area (Å²) in [5.41, 5.74) is 5.90. The minimum Gasteiger partial charge on any atom is -0.267 e. The Balaban J connectivity index is 2.06. The predicted molar refractivity (Wildman–Crippen MR) is 80.2 cm³/mol.